The summed E-state index contributed by atoms with van der Waals surface area (Å²) in [6.45, 7) is 5.01. The molecule has 0 unspecified atom stereocenters. The van der Waals surface area contributed by atoms with Gasteiger partial charge in [-0.15, -0.1) is 0 Å². The van der Waals surface area contributed by atoms with Crippen LogP contribution in [0.5, 0.6) is 5.75 Å². The van der Waals surface area contributed by atoms with E-state index >= 15 is 0 Å². The van der Waals surface area contributed by atoms with Crippen LogP contribution in [0.4, 0.5) is 4.79 Å². The monoisotopic (exact) mass is 492 g/mol. The van der Waals surface area contributed by atoms with Crippen LogP contribution >= 0.6 is 0 Å². The van der Waals surface area contributed by atoms with Crippen LogP contribution in [-0.4, -0.2) is 53.4 Å². The van der Waals surface area contributed by atoms with Crippen molar-refractivity contribution in [3.8, 4) is 17.2 Å². The number of carboxylic acids is 1. The van der Waals surface area contributed by atoms with Gasteiger partial charge in [0.25, 0.3) is 0 Å². The number of ether oxygens (including phenoxy) is 2. The molecule has 2 heterocycles. The molecule has 8 heteroatoms. The summed E-state index contributed by atoms with van der Waals surface area (Å²) in [5.74, 6) is 0.634. The number of nitrogens with zero attached hydrogens (tertiary/aromatic N) is 2. The highest BCUT2D eigenvalue weighted by atomic mass is 16.6. The van der Waals surface area contributed by atoms with Crippen molar-refractivity contribution in [3.63, 3.8) is 0 Å². The van der Waals surface area contributed by atoms with Gasteiger partial charge in [0.2, 0.25) is 5.89 Å². The second kappa shape index (κ2) is 11.7. The average molecular weight is 493 g/mol. The Kier molecular flexibility index (Phi) is 8.25. The number of carbonyl (C=O) groups excluding carboxylic acids is 1. The largest absolute Gasteiger partial charge is 0.493 e. The molecule has 1 saturated heterocycles. The van der Waals surface area contributed by atoms with Gasteiger partial charge >= 0.3 is 12.1 Å². The van der Waals surface area contributed by atoms with Crippen LogP contribution in [0.25, 0.3) is 11.5 Å². The number of likely N-dealkylation sites (tertiary alicyclic amines) is 1. The van der Waals surface area contributed by atoms with Crippen molar-refractivity contribution in [2.24, 2.45) is 11.8 Å². The van der Waals surface area contributed by atoms with E-state index in [0.717, 1.165) is 34.8 Å². The first-order valence-electron chi connectivity index (χ1n) is 12.3. The molecule has 8 nitrogen and oxygen atoms in total. The third kappa shape index (κ3) is 6.24. The second-order valence-electron chi connectivity index (χ2n) is 8.98. The first-order chi connectivity index (χ1) is 17.4. The Morgan fingerprint density at radius 1 is 1.08 bits per heavy atom. The molecule has 0 spiro atoms. The third-order valence-electron chi connectivity index (χ3n) is 6.53. The molecule has 1 amide bonds. The zero-order valence-electron chi connectivity index (χ0n) is 20.7. The van der Waals surface area contributed by atoms with Gasteiger partial charge in [0, 0.05) is 25.1 Å². The summed E-state index contributed by atoms with van der Waals surface area (Å²) in [4.78, 5) is 29.8. The van der Waals surface area contributed by atoms with E-state index in [1.807, 2.05) is 61.5 Å². The Morgan fingerprint density at radius 2 is 1.83 bits per heavy atom. The highest BCUT2D eigenvalue weighted by Crippen LogP contribution is 2.29. The minimum Gasteiger partial charge on any atom is -0.493 e. The van der Waals surface area contributed by atoms with Gasteiger partial charge in [-0.3, -0.25) is 4.79 Å². The second-order valence-corrected chi connectivity index (χ2v) is 8.98. The number of oxazole rings is 1. The molecule has 4 rings (SSSR count). The Hall–Kier alpha value is -3.81. The van der Waals surface area contributed by atoms with Gasteiger partial charge in [0.15, 0.2) is 0 Å². The fourth-order valence-corrected chi connectivity index (χ4v) is 4.54. The van der Waals surface area contributed by atoms with Crippen LogP contribution < -0.4 is 4.74 Å². The van der Waals surface area contributed by atoms with Crippen molar-refractivity contribution in [2.45, 2.75) is 33.1 Å². The molecule has 36 heavy (non-hydrogen) atoms. The molecule has 2 atom stereocenters. The van der Waals surface area contributed by atoms with E-state index in [-0.39, 0.29) is 19.1 Å². The minimum atomic E-state index is -0.867. The minimum absolute atomic E-state index is 0.102. The number of hydrogen-bond donors (Lipinski definition) is 1. The Balaban J connectivity index is 1.26. The van der Waals surface area contributed by atoms with Gasteiger partial charge in [0.05, 0.1) is 24.8 Å². The molecule has 1 fully saturated rings. The lowest BCUT2D eigenvalue weighted by Crippen LogP contribution is -2.30. The molecule has 0 aliphatic carbocycles. The van der Waals surface area contributed by atoms with E-state index < -0.39 is 18.0 Å². The lowest BCUT2D eigenvalue weighted by atomic mass is 9.90. The molecule has 1 aliphatic heterocycles. The van der Waals surface area contributed by atoms with Crippen molar-refractivity contribution < 1.29 is 28.6 Å². The molecule has 2 aromatic carbocycles. The standard InChI is InChI=1S/C28H32N2O6/c1-3-34-28(33)30-17-22(24(18-30)27(31)32)12-9-20-10-13-23(14-11-20)35-16-15-25-19(2)36-26(29-25)21-7-5-4-6-8-21/h4-8,10-11,13-14,22,24H,3,9,12,15-18H2,1-2H3,(H,31,32)/t22-,24-/m1/s1. The number of carbonyl (C=O) groups is 2. The summed E-state index contributed by atoms with van der Waals surface area (Å²) in [5.41, 5.74) is 2.93. The van der Waals surface area contributed by atoms with Crippen molar-refractivity contribution in [1.82, 2.24) is 9.88 Å². The first-order valence-corrected chi connectivity index (χ1v) is 12.3. The Labute approximate surface area is 210 Å². The summed E-state index contributed by atoms with van der Waals surface area (Å²) in [7, 11) is 0. The number of carboxylic acid groups (broad SMARTS) is 1. The van der Waals surface area contributed by atoms with Crippen LogP contribution in [0.2, 0.25) is 0 Å². The number of aromatic nitrogens is 1. The summed E-state index contributed by atoms with van der Waals surface area (Å²) >= 11 is 0. The van der Waals surface area contributed by atoms with E-state index in [9.17, 15) is 14.7 Å². The SMILES string of the molecule is CCOC(=O)N1C[C@@H](CCc2ccc(OCCc3nc(-c4ccccc4)oc3C)cc2)[C@H](C(=O)O)C1. The summed E-state index contributed by atoms with van der Waals surface area (Å²) in [6.07, 6.45) is 1.61. The summed E-state index contributed by atoms with van der Waals surface area (Å²) < 4.78 is 16.8. The van der Waals surface area contributed by atoms with E-state index in [4.69, 9.17) is 13.9 Å². The van der Waals surface area contributed by atoms with Gasteiger partial charge in [-0.05, 0) is 62.4 Å². The van der Waals surface area contributed by atoms with Crippen molar-refractivity contribution in [2.75, 3.05) is 26.3 Å². The highest BCUT2D eigenvalue weighted by molar-refractivity contribution is 5.74. The number of benzene rings is 2. The summed E-state index contributed by atoms with van der Waals surface area (Å²) in [6, 6.07) is 17.7. The predicted octanol–water partition coefficient (Wildman–Crippen LogP) is 4.99. The molecule has 1 aliphatic rings. The Bertz CT molecular complexity index is 1160. The molecular formula is C28H32N2O6. The van der Waals surface area contributed by atoms with Crippen molar-refractivity contribution >= 4 is 12.1 Å². The van der Waals surface area contributed by atoms with Crippen LogP contribution in [0.15, 0.2) is 59.0 Å². The predicted molar refractivity (Wildman–Crippen MR) is 134 cm³/mol. The van der Waals surface area contributed by atoms with E-state index in [1.165, 1.54) is 4.90 Å². The number of aryl methyl sites for hydroxylation is 2. The lowest BCUT2D eigenvalue weighted by Gasteiger charge is -2.15. The number of aliphatic carboxylic acids is 1. The number of rotatable bonds is 10. The molecule has 0 radical (unpaired) electrons. The first kappa shape index (κ1) is 25.3. The topological polar surface area (TPSA) is 102 Å². The van der Waals surface area contributed by atoms with E-state index in [1.54, 1.807) is 6.92 Å². The maximum atomic E-state index is 12.0. The fourth-order valence-electron chi connectivity index (χ4n) is 4.54. The van der Waals surface area contributed by atoms with Crippen LogP contribution in [-0.2, 0) is 22.4 Å². The van der Waals surface area contributed by atoms with Crippen LogP contribution in [0.1, 0.15) is 30.4 Å². The lowest BCUT2D eigenvalue weighted by molar-refractivity contribution is -0.142. The molecule has 1 N–H and O–H groups in total. The van der Waals surface area contributed by atoms with Gasteiger partial charge < -0.3 is 23.9 Å². The molecule has 1 aromatic heterocycles. The zero-order chi connectivity index (χ0) is 25.5. The number of amides is 1. The third-order valence-corrected chi connectivity index (χ3v) is 6.53. The highest BCUT2D eigenvalue weighted by Gasteiger charge is 2.39. The summed E-state index contributed by atoms with van der Waals surface area (Å²) in [5, 5.41) is 9.58. The van der Waals surface area contributed by atoms with Crippen molar-refractivity contribution in [3.05, 3.63) is 71.6 Å². The molecule has 3 aromatic rings. The molecule has 0 bridgehead atoms. The Morgan fingerprint density at radius 3 is 2.53 bits per heavy atom. The maximum absolute atomic E-state index is 12.0. The average Bonchev–Trinajstić information content (AvgIpc) is 3.48. The quantitative estimate of drug-likeness (QED) is 0.425. The normalized spacial score (nSPS) is 17.2. The van der Waals surface area contributed by atoms with Gasteiger partial charge in [-0.2, -0.15) is 0 Å². The van der Waals surface area contributed by atoms with Gasteiger partial charge in [0.1, 0.15) is 11.5 Å². The van der Waals surface area contributed by atoms with E-state index in [0.29, 0.717) is 31.9 Å². The van der Waals surface area contributed by atoms with Crippen molar-refractivity contribution in [1.29, 1.82) is 0 Å². The molecule has 0 saturated carbocycles. The molecule has 190 valence electrons. The van der Waals surface area contributed by atoms with E-state index in [2.05, 4.69) is 4.98 Å². The van der Waals surface area contributed by atoms with Gasteiger partial charge in [-0.1, -0.05) is 30.3 Å². The number of hydrogen-bond acceptors (Lipinski definition) is 6. The maximum Gasteiger partial charge on any atom is 0.409 e. The van der Waals surface area contributed by atoms with Crippen LogP contribution in [0, 0.1) is 18.8 Å². The smallest absolute Gasteiger partial charge is 0.409 e. The zero-order valence-corrected chi connectivity index (χ0v) is 20.7. The molecular weight excluding hydrogens is 460 g/mol. The van der Waals surface area contributed by atoms with Crippen LogP contribution in [0.3, 0.4) is 0 Å². The van der Waals surface area contributed by atoms with Gasteiger partial charge in [-0.25, -0.2) is 9.78 Å². The fraction of sp³-hybridized carbons (Fsp3) is 0.393.